The minimum Gasteiger partial charge on any atom is -0.306 e. The van der Waals surface area contributed by atoms with Gasteiger partial charge in [0.1, 0.15) is 11.6 Å². The lowest BCUT2D eigenvalue weighted by atomic mass is 10.1. The summed E-state index contributed by atoms with van der Waals surface area (Å²) in [6, 6.07) is 8.39. The van der Waals surface area contributed by atoms with Crippen molar-refractivity contribution in [2.75, 3.05) is 5.32 Å². The van der Waals surface area contributed by atoms with E-state index in [0.717, 1.165) is 11.8 Å². The topological polar surface area (TPSA) is 42.0 Å². The van der Waals surface area contributed by atoms with Crippen LogP contribution in [0.3, 0.4) is 0 Å². The fraction of sp³-hybridized carbons (Fsp3) is 0.0769. The van der Waals surface area contributed by atoms with E-state index in [0.29, 0.717) is 15.9 Å². The predicted octanol–water partition coefficient (Wildman–Crippen LogP) is 3.54. The molecule has 1 aromatic heterocycles. The number of halogens is 2. The Bertz CT molecular complexity index is 584. The van der Waals surface area contributed by atoms with Gasteiger partial charge >= 0.3 is 0 Å². The summed E-state index contributed by atoms with van der Waals surface area (Å²) >= 11 is 3.14. The van der Waals surface area contributed by atoms with Crippen molar-refractivity contribution >= 4 is 27.7 Å². The summed E-state index contributed by atoms with van der Waals surface area (Å²) in [6.07, 6.45) is 1.05. The zero-order valence-electron chi connectivity index (χ0n) is 9.58. The average molecular weight is 309 g/mol. The van der Waals surface area contributed by atoms with E-state index in [4.69, 9.17) is 0 Å². The van der Waals surface area contributed by atoms with Gasteiger partial charge in [0.15, 0.2) is 0 Å². The number of rotatable bonds is 2. The first-order chi connectivity index (χ1) is 8.56. The summed E-state index contributed by atoms with van der Waals surface area (Å²) in [5, 5.41) is 2.61. The molecule has 1 heterocycles. The fourth-order valence-electron chi connectivity index (χ4n) is 1.39. The Labute approximate surface area is 112 Å². The van der Waals surface area contributed by atoms with Gasteiger partial charge in [-0.2, -0.15) is 0 Å². The number of amides is 1. The van der Waals surface area contributed by atoms with E-state index in [1.165, 1.54) is 6.07 Å². The van der Waals surface area contributed by atoms with Crippen LogP contribution >= 0.6 is 15.9 Å². The van der Waals surface area contributed by atoms with Gasteiger partial charge in [-0.1, -0.05) is 17.7 Å². The Hall–Kier alpha value is -1.75. The van der Waals surface area contributed by atoms with Crippen molar-refractivity contribution in [2.24, 2.45) is 0 Å². The lowest BCUT2D eigenvalue weighted by molar-refractivity contribution is 0.102. The number of hydrogen-bond donors (Lipinski definition) is 1. The van der Waals surface area contributed by atoms with Gasteiger partial charge < -0.3 is 5.32 Å². The maximum atomic E-state index is 12.8. The summed E-state index contributed by atoms with van der Waals surface area (Å²) in [5.74, 6) is -0.452. The molecule has 0 saturated carbocycles. The minimum atomic E-state index is -0.463. The molecule has 0 unspecified atom stereocenters. The Morgan fingerprint density at radius 2 is 2.00 bits per heavy atom. The first-order valence-corrected chi connectivity index (χ1v) is 6.04. The highest BCUT2D eigenvalue weighted by molar-refractivity contribution is 9.10. The van der Waals surface area contributed by atoms with Crippen LogP contribution in [0.4, 0.5) is 10.2 Å². The smallest absolute Gasteiger partial charge is 0.256 e. The molecule has 2 aromatic rings. The molecular weight excluding hydrogens is 299 g/mol. The number of hydrogen-bond acceptors (Lipinski definition) is 2. The number of nitrogens with one attached hydrogen (secondary N) is 1. The summed E-state index contributed by atoms with van der Waals surface area (Å²) in [5.41, 5.74) is 1.60. The van der Waals surface area contributed by atoms with Crippen molar-refractivity contribution in [1.82, 2.24) is 4.98 Å². The van der Waals surface area contributed by atoms with Gasteiger partial charge in [-0.3, -0.25) is 4.79 Å². The third-order valence-electron chi connectivity index (χ3n) is 2.35. The molecule has 0 radical (unpaired) electrons. The maximum absolute atomic E-state index is 12.8. The van der Waals surface area contributed by atoms with E-state index in [1.54, 1.807) is 12.1 Å². The van der Waals surface area contributed by atoms with Gasteiger partial charge in [0.05, 0.1) is 10.7 Å². The largest absolute Gasteiger partial charge is 0.306 e. The molecule has 0 aliphatic rings. The number of aryl methyl sites for hydroxylation is 1. The second-order valence-electron chi connectivity index (χ2n) is 3.80. The van der Waals surface area contributed by atoms with Gasteiger partial charge in [-0.25, -0.2) is 9.37 Å². The van der Waals surface area contributed by atoms with Crippen LogP contribution in [0.25, 0.3) is 0 Å². The maximum Gasteiger partial charge on any atom is 0.256 e. The standard InChI is InChI=1S/C13H10BrFN2O/c1-8-2-4-9(5-3-8)13(18)17-12-11(14)6-10(15)7-16-12/h2-7H,1H3,(H,16,17,18). The molecule has 1 N–H and O–H groups in total. The molecule has 18 heavy (non-hydrogen) atoms. The molecule has 1 amide bonds. The van der Waals surface area contributed by atoms with Gasteiger partial charge in [-0.15, -0.1) is 0 Å². The van der Waals surface area contributed by atoms with Crippen LogP contribution in [0.1, 0.15) is 15.9 Å². The second-order valence-corrected chi connectivity index (χ2v) is 4.66. The molecule has 1 aromatic carbocycles. The van der Waals surface area contributed by atoms with Crippen LogP contribution in [0, 0.1) is 12.7 Å². The van der Waals surface area contributed by atoms with Crippen LogP contribution in [-0.4, -0.2) is 10.9 Å². The number of pyridine rings is 1. The highest BCUT2D eigenvalue weighted by Crippen LogP contribution is 2.20. The SMILES string of the molecule is Cc1ccc(C(=O)Nc2ncc(F)cc2Br)cc1. The van der Waals surface area contributed by atoms with Crippen LogP contribution in [0.15, 0.2) is 41.0 Å². The number of nitrogens with zero attached hydrogens (tertiary/aromatic N) is 1. The number of carbonyl (C=O) groups excluding carboxylic acids is 1. The van der Waals surface area contributed by atoms with Crippen molar-refractivity contribution in [1.29, 1.82) is 0 Å². The van der Waals surface area contributed by atoms with Crippen LogP contribution in [-0.2, 0) is 0 Å². The Balaban J connectivity index is 2.18. The number of benzene rings is 1. The molecule has 0 aliphatic carbocycles. The Morgan fingerprint density at radius 1 is 1.33 bits per heavy atom. The molecule has 92 valence electrons. The van der Waals surface area contributed by atoms with Crippen LogP contribution in [0.2, 0.25) is 0 Å². The molecule has 2 rings (SSSR count). The predicted molar refractivity (Wildman–Crippen MR) is 71.0 cm³/mol. The van der Waals surface area contributed by atoms with Gasteiger partial charge in [0, 0.05) is 5.56 Å². The summed E-state index contributed by atoms with van der Waals surface area (Å²) in [6.45, 7) is 1.94. The van der Waals surface area contributed by atoms with Gasteiger partial charge in [0.2, 0.25) is 0 Å². The Morgan fingerprint density at radius 3 is 2.61 bits per heavy atom. The molecule has 0 fully saturated rings. The van der Waals surface area contributed by atoms with Gasteiger partial charge in [0.25, 0.3) is 5.91 Å². The van der Waals surface area contributed by atoms with Crippen molar-refractivity contribution in [3.63, 3.8) is 0 Å². The van der Waals surface area contributed by atoms with Crippen molar-refractivity contribution in [3.05, 3.63) is 57.9 Å². The number of carbonyl (C=O) groups is 1. The molecule has 0 saturated heterocycles. The highest BCUT2D eigenvalue weighted by Gasteiger charge is 2.09. The normalized spacial score (nSPS) is 10.2. The van der Waals surface area contributed by atoms with Crippen LogP contribution < -0.4 is 5.32 Å². The Kier molecular flexibility index (Phi) is 3.72. The minimum absolute atomic E-state index is 0.283. The zero-order chi connectivity index (χ0) is 13.1. The number of anilines is 1. The van der Waals surface area contributed by atoms with Crippen LogP contribution in [0.5, 0.6) is 0 Å². The van der Waals surface area contributed by atoms with E-state index in [2.05, 4.69) is 26.2 Å². The first-order valence-electron chi connectivity index (χ1n) is 5.25. The lowest BCUT2D eigenvalue weighted by Gasteiger charge is -2.06. The van der Waals surface area contributed by atoms with Crippen molar-refractivity contribution < 1.29 is 9.18 Å². The third-order valence-corrected chi connectivity index (χ3v) is 2.96. The van der Waals surface area contributed by atoms with Crippen molar-refractivity contribution in [3.8, 4) is 0 Å². The molecular formula is C13H10BrFN2O. The molecule has 0 bridgehead atoms. The molecule has 5 heteroatoms. The molecule has 3 nitrogen and oxygen atoms in total. The van der Waals surface area contributed by atoms with E-state index < -0.39 is 5.82 Å². The van der Waals surface area contributed by atoms with Gasteiger partial charge in [-0.05, 0) is 41.1 Å². The summed E-state index contributed by atoms with van der Waals surface area (Å²) in [7, 11) is 0. The van der Waals surface area contributed by atoms with E-state index in [9.17, 15) is 9.18 Å². The number of aromatic nitrogens is 1. The third kappa shape index (κ3) is 2.92. The van der Waals surface area contributed by atoms with E-state index in [1.807, 2.05) is 19.1 Å². The summed E-state index contributed by atoms with van der Waals surface area (Å²) in [4.78, 5) is 15.7. The molecule has 0 atom stereocenters. The lowest BCUT2D eigenvalue weighted by Crippen LogP contribution is -2.13. The highest BCUT2D eigenvalue weighted by atomic mass is 79.9. The fourth-order valence-corrected chi connectivity index (χ4v) is 1.81. The van der Waals surface area contributed by atoms with E-state index in [-0.39, 0.29) is 5.91 Å². The first kappa shape index (κ1) is 12.7. The van der Waals surface area contributed by atoms with Crippen molar-refractivity contribution in [2.45, 2.75) is 6.92 Å². The second kappa shape index (κ2) is 5.27. The zero-order valence-corrected chi connectivity index (χ0v) is 11.2. The summed E-state index contributed by atoms with van der Waals surface area (Å²) < 4.78 is 13.3. The molecule has 0 aliphatic heterocycles. The van der Waals surface area contributed by atoms with E-state index >= 15 is 0 Å². The monoisotopic (exact) mass is 308 g/mol. The quantitative estimate of drug-likeness (QED) is 0.922. The average Bonchev–Trinajstić information content (AvgIpc) is 2.33. The molecule has 0 spiro atoms.